The molecule has 0 unspecified atom stereocenters. The van der Waals surface area contributed by atoms with Crippen LogP contribution < -0.4 is 5.32 Å². The number of aromatic nitrogens is 3. The molecular weight excluding hydrogens is 465 g/mol. The summed E-state index contributed by atoms with van der Waals surface area (Å²) >= 11 is 13.6. The van der Waals surface area contributed by atoms with Crippen molar-refractivity contribution in [3.05, 3.63) is 106 Å². The van der Waals surface area contributed by atoms with Crippen molar-refractivity contribution in [3.8, 4) is 0 Å². The van der Waals surface area contributed by atoms with Gasteiger partial charge in [0.25, 0.3) is 5.91 Å². The molecule has 1 amide bonds. The van der Waals surface area contributed by atoms with Gasteiger partial charge in [-0.2, -0.15) is 9.78 Å². The summed E-state index contributed by atoms with van der Waals surface area (Å²) in [6, 6.07) is 21.9. The number of hydrogen-bond acceptors (Lipinski definition) is 5. The monoisotopic (exact) mass is 481 g/mol. The highest BCUT2D eigenvalue weighted by Crippen LogP contribution is 2.22. The first-order chi connectivity index (χ1) is 15.6. The first-order valence-electron chi connectivity index (χ1n) is 9.56. The van der Waals surface area contributed by atoms with Crippen molar-refractivity contribution in [2.24, 2.45) is 5.10 Å². The van der Waals surface area contributed by atoms with Gasteiger partial charge in [0.1, 0.15) is 6.33 Å². The minimum atomic E-state index is -0.274. The minimum absolute atomic E-state index is 0.274. The molecule has 160 valence electrons. The predicted molar refractivity (Wildman–Crippen MR) is 130 cm³/mol. The van der Waals surface area contributed by atoms with Gasteiger partial charge in [-0.1, -0.05) is 71.4 Å². The summed E-state index contributed by atoms with van der Waals surface area (Å²) in [4.78, 5) is 12.5. The van der Waals surface area contributed by atoms with E-state index >= 15 is 0 Å². The van der Waals surface area contributed by atoms with Crippen LogP contribution in [0.25, 0.3) is 0 Å². The van der Waals surface area contributed by atoms with Gasteiger partial charge >= 0.3 is 0 Å². The number of benzene rings is 3. The summed E-state index contributed by atoms with van der Waals surface area (Å²) in [6.45, 7) is 0. The smallest absolute Gasteiger partial charge is 0.257 e. The van der Waals surface area contributed by atoms with Crippen LogP contribution in [0.4, 0.5) is 5.69 Å². The zero-order chi connectivity index (χ0) is 22.3. The van der Waals surface area contributed by atoms with Crippen LogP contribution >= 0.6 is 35.0 Å². The fourth-order valence-electron chi connectivity index (χ4n) is 2.79. The second-order valence-electron chi connectivity index (χ2n) is 6.68. The number of anilines is 1. The molecule has 4 rings (SSSR count). The Morgan fingerprint density at radius 3 is 2.69 bits per heavy atom. The quantitative estimate of drug-likeness (QED) is 0.259. The van der Waals surface area contributed by atoms with Crippen LogP contribution in [0.15, 0.2) is 89.4 Å². The van der Waals surface area contributed by atoms with Gasteiger partial charge in [-0.25, -0.2) is 0 Å². The number of rotatable bonds is 7. The van der Waals surface area contributed by atoms with Crippen LogP contribution in [0, 0.1) is 0 Å². The number of nitrogens with zero attached hydrogens (tertiary/aromatic N) is 4. The van der Waals surface area contributed by atoms with E-state index in [0.29, 0.717) is 26.5 Å². The Hall–Kier alpha value is -3.13. The summed E-state index contributed by atoms with van der Waals surface area (Å²) in [7, 11) is 0. The summed E-state index contributed by atoms with van der Waals surface area (Å²) in [5.41, 5.74) is 2.99. The molecule has 0 saturated carbocycles. The number of nitrogens with one attached hydrogen (secondary N) is 1. The minimum Gasteiger partial charge on any atom is -0.322 e. The standard InChI is InChI=1S/C23H17Cl2N5OS/c24-18-10-8-16(9-11-18)14-32-23-29-26-15-30(23)27-13-17-4-3-5-19(12-17)28-22(31)20-6-1-2-7-21(20)25/h1-13,15H,14H2,(H,28,31)/b27-13+. The molecule has 0 aliphatic carbocycles. The van der Waals surface area contributed by atoms with E-state index in [0.717, 1.165) is 16.9 Å². The Bertz CT molecular complexity index is 1260. The Morgan fingerprint density at radius 1 is 1.06 bits per heavy atom. The molecule has 4 aromatic rings. The molecule has 0 fully saturated rings. The highest BCUT2D eigenvalue weighted by Gasteiger charge is 2.10. The third-order valence-electron chi connectivity index (χ3n) is 4.38. The molecule has 32 heavy (non-hydrogen) atoms. The van der Waals surface area contributed by atoms with E-state index in [2.05, 4.69) is 20.6 Å². The molecule has 0 bridgehead atoms. The van der Waals surface area contributed by atoms with E-state index in [-0.39, 0.29) is 5.91 Å². The van der Waals surface area contributed by atoms with Crippen molar-refractivity contribution in [1.29, 1.82) is 0 Å². The highest BCUT2D eigenvalue weighted by molar-refractivity contribution is 7.98. The normalized spacial score (nSPS) is 11.1. The van der Waals surface area contributed by atoms with Crippen molar-refractivity contribution in [2.75, 3.05) is 5.32 Å². The van der Waals surface area contributed by atoms with Crippen LogP contribution in [-0.2, 0) is 5.75 Å². The zero-order valence-electron chi connectivity index (χ0n) is 16.7. The largest absolute Gasteiger partial charge is 0.322 e. The van der Waals surface area contributed by atoms with E-state index in [1.807, 2.05) is 42.5 Å². The maximum absolute atomic E-state index is 12.5. The van der Waals surface area contributed by atoms with Gasteiger partial charge in [0.05, 0.1) is 16.8 Å². The molecule has 1 heterocycles. The predicted octanol–water partition coefficient (Wildman–Crippen LogP) is 6.01. The van der Waals surface area contributed by atoms with Crippen LogP contribution in [0.1, 0.15) is 21.5 Å². The number of hydrogen-bond donors (Lipinski definition) is 1. The van der Waals surface area contributed by atoms with Gasteiger partial charge in [0.2, 0.25) is 5.16 Å². The number of carbonyl (C=O) groups excluding carboxylic acids is 1. The second-order valence-corrected chi connectivity index (χ2v) is 8.46. The van der Waals surface area contributed by atoms with Crippen LogP contribution in [0.5, 0.6) is 0 Å². The average Bonchev–Trinajstić information content (AvgIpc) is 3.25. The third-order valence-corrected chi connectivity index (χ3v) is 5.96. The molecule has 3 aromatic carbocycles. The molecule has 0 aliphatic heterocycles. The van der Waals surface area contributed by atoms with E-state index in [1.54, 1.807) is 47.5 Å². The van der Waals surface area contributed by atoms with Crippen molar-refractivity contribution in [2.45, 2.75) is 10.9 Å². The lowest BCUT2D eigenvalue weighted by atomic mass is 10.2. The van der Waals surface area contributed by atoms with E-state index < -0.39 is 0 Å². The van der Waals surface area contributed by atoms with Gasteiger partial charge in [0, 0.05) is 16.5 Å². The first-order valence-corrected chi connectivity index (χ1v) is 11.3. The fourth-order valence-corrected chi connectivity index (χ4v) is 3.96. The van der Waals surface area contributed by atoms with Gasteiger partial charge in [-0.05, 0) is 47.5 Å². The Morgan fingerprint density at radius 2 is 1.88 bits per heavy atom. The van der Waals surface area contributed by atoms with Gasteiger partial charge in [-0.3, -0.25) is 4.79 Å². The van der Waals surface area contributed by atoms with Crippen LogP contribution in [0.3, 0.4) is 0 Å². The number of halogens is 2. The molecule has 0 radical (unpaired) electrons. The lowest BCUT2D eigenvalue weighted by Gasteiger charge is -2.07. The van der Waals surface area contributed by atoms with E-state index in [1.165, 1.54) is 11.8 Å². The number of amides is 1. The Labute approximate surface area is 199 Å². The fraction of sp³-hybridized carbons (Fsp3) is 0.0435. The lowest BCUT2D eigenvalue weighted by molar-refractivity contribution is 0.102. The molecule has 0 saturated heterocycles. The Balaban J connectivity index is 1.42. The molecule has 0 aliphatic rings. The zero-order valence-corrected chi connectivity index (χ0v) is 19.0. The van der Waals surface area contributed by atoms with Crippen LogP contribution in [-0.4, -0.2) is 27.0 Å². The summed E-state index contributed by atoms with van der Waals surface area (Å²) in [5, 5.41) is 17.1. The van der Waals surface area contributed by atoms with E-state index in [9.17, 15) is 4.79 Å². The topological polar surface area (TPSA) is 72.2 Å². The number of carbonyl (C=O) groups is 1. The van der Waals surface area contributed by atoms with Gasteiger partial charge < -0.3 is 5.32 Å². The van der Waals surface area contributed by atoms with Crippen molar-refractivity contribution in [3.63, 3.8) is 0 Å². The summed E-state index contributed by atoms with van der Waals surface area (Å²) in [5.74, 6) is 0.443. The van der Waals surface area contributed by atoms with Crippen molar-refractivity contribution < 1.29 is 4.79 Å². The average molecular weight is 482 g/mol. The Kier molecular flexibility index (Phi) is 7.21. The van der Waals surface area contributed by atoms with Gasteiger partial charge in [0.15, 0.2) is 0 Å². The molecular formula is C23H17Cl2N5OS. The molecule has 9 heteroatoms. The maximum Gasteiger partial charge on any atom is 0.257 e. The highest BCUT2D eigenvalue weighted by atomic mass is 35.5. The molecule has 1 N–H and O–H groups in total. The third kappa shape index (κ3) is 5.76. The van der Waals surface area contributed by atoms with Crippen molar-refractivity contribution >= 4 is 52.8 Å². The van der Waals surface area contributed by atoms with Crippen LogP contribution in [0.2, 0.25) is 10.0 Å². The summed E-state index contributed by atoms with van der Waals surface area (Å²) < 4.78 is 1.61. The molecule has 6 nitrogen and oxygen atoms in total. The maximum atomic E-state index is 12.5. The SMILES string of the molecule is O=C(Nc1cccc(/C=N/n2cnnc2SCc2ccc(Cl)cc2)c1)c1ccccc1Cl. The second kappa shape index (κ2) is 10.5. The summed E-state index contributed by atoms with van der Waals surface area (Å²) in [6.07, 6.45) is 3.23. The first kappa shape index (κ1) is 22.1. The van der Waals surface area contributed by atoms with Crippen molar-refractivity contribution in [1.82, 2.24) is 14.9 Å². The lowest BCUT2D eigenvalue weighted by Crippen LogP contribution is -2.12. The molecule has 0 spiro atoms. The van der Waals surface area contributed by atoms with Gasteiger partial charge in [-0.15, -0.1) is 10.2 Å². The molecule has 1 aromatic heterocycles. The van der Waals surface area contributed by atoms with E-state index in [4.69, 9.17) is 23.2 Å². The molecule has 0 atom stereocenters. The number of thioether (sulfide) groups is 1.